The van der Waals surface area contributed by atoms with Gasteiger partial charge in [-0.3, -0.25) is 9.69 Å². The molecule has 0 aromatic heterocycles. The molecule has 3 rings (SSSR count). The molecule has 1 unspecified atom stereocenters. The lowest BCUT2D eigenvalue weighted by Gasteiger charge is -2.32. The maximum absolute atomic E-state index is 13.2. The number of nitrogens with one attached hydrogen (secondary N) is 1. The van der Waals surface area contributed by atoms with Crippen LogP contribution < -0.4 is 5.32 Å². The van der Waals surface area contributed by atoms with Gasteiger partial charge in [0.1, 0.15) is 11.9 Å². The Bertz CT molecular complexity index is 490. The fourth-order valence-corrected chi connectivity index (χ4v) is 3.21. The van der Waals surface area contributed by atoms with E-state index >= 15 is 0 Å². The van der Waals surface area contributed by atoms with E-state index < -0.39 is 0 Å². The lowest BCUT2D eigenvalue weighted by atomic mass is 10.0. The second-order valence-corrected chi connectivity index (χ2v) is 6.54. The number of likely N-dealkylation sites (tertiary alicyclic amines) is 1. The van der Waals surface area contributed by atoms with Crippen molar-refractivity contribution in [1.82, 2.24) is 10.2 Å². The van der Waals surface area contributed by atoms with Crippen molar-refractivity contribution in [2.75, 3.05) is 13.1 Å². The first-order chi connectivity index (χ1) is 10.7. The second kappa shape index (κ2) is 7.23. The highest BCUT2D eigenvalue weighted by molar-refractivity contribution is 5.83. The predicted octanol–water partition coefficient (Wildman–Crippen LogP) is 3.41. The van der Waals surface area contributed by atoms with Gasteiger partial charge in [-0.05, 0) is 56.5 Å². The van der Waals surface area contributed by atoms with Gasteiger partial charge in [0.2, 0.25) is 5.91 Å². The maximum Gasteiger partial charge on any atom is 0.242 e. The molecule has 1 heterocycles. The number of hydrogen-bond donors (Lipinski definition) is 1. The summed E-state index contributed by atoms with van der Waals surface area (Å²) in [6.07, 6.45) is 8.20. The Morgan fingerprint density at radius 1 is 1.05 bits per heavy atom. The highest BCUT2D eigenvalue weighted by Gasteiger charge is 2.32. The van der Waals surface area contributed by atoms with E-state index in [4.69, 9.17) is 0 Å². The first-order valence-electron chi connectivity index (χ1n) is 8.54. The molecular formula is C18H25FN2O. The van der Waals surface area contributed by atoms with Crippen molar-refractivity contribution in [3.8, 4) is 0 Å². The van der Waals surface area contributed by atoms with Crippen LogP contribution in [0.3, 0.4) is 0 Å². The lowest BCUT2D eigenvalue weighted by molar-refractivity contribution is -0.127. The van der Waals surface area contributed by atoms with E-state index in [2.05, 4.69) is 10.2 Å². The van der Waals surface area contributed by atoms with E-state index in [1.165, 1.54) is 31.4 Å². The third kappa shape index (κ3) is 4.07. The monoisotopic (exact) mass is 304 g/mol. The molecule has 1 amide bonds. The number of rotatable bonds is 4. The van der Waals surface area contributed by atoms with Gasteiger partial charge in [-0.1, -0.05) is 31.4 Å². The van der Waals surface area contributed by atoms with Crippen molar-refractivity contribution in [3.05, 3.63) is 35.6 Å². The summed E-state index contributed by atoms with van der Waals surface area (Å²) >= 11 is 0. The van der Waals surface area contributed by atoms with Gasteiger partial charge in [-0.15, -0.1) is 0 Å². The molecule has 120 valence electrons. The number of hydrogen-bond acceptors (Lipinski definition) is 2. The molecule has 1 N–H and O–H groups in total. The molecule has 1 saturated heterocycles. The molecule has 0 radical (unpaired) electrons. The highest BCUT2D eigenvalue weighted by Crippen LogP contribution is 2.27. The number of carbonyl (C=O) groups excluding carboxylic acids is 1. The van der Waals surface area contributed by atoms with Crippen molar-refractivity contribution < 1.29 is 9.18 Å². The van der Waals surface area contributed by atoms with Crippen LogP contribution in [0.25, 0.3) is 0 Å². The third-order valence-corrected chi connectivity index (χ3v) is 4.61. The van der Waals surface area contributed by atoms with Gasteiger partial charge in [0.05, 0.1) is 0 Å². The minimum absolute atomic E-state index is 0.0784. The summed E-state index contributed by atoms with van der Waals surface area (Å²) in [7, 11) is 0. The summed E-state index contributed by atoms with van der Waals surface area (Å²) < 4.78 is 13.2. The number of carbonyl (C=O) groups is 1. The molecule has 4 heteroatoms. The van der Waals surface area contributed by atoms with Crippen LogP contribution in [0.1, 0.15) is 56.6 Å². The molecule has 1 aliphatic carbocycles. The van der Waals surface area contributed by atoms with Crippen LogP contribution in [0.2, 0.25) is 0 Å². The van der Waals surface area contributed by atoms with Crippen molar-refractivity contribution in [2.24, 2.45) is 0 Å². The minimum Gasteiger partial charge on any atom is -0.352 e. The first kappa shape index (κ1) is 15.5. The topological polar surface area (TPSA) is 32.3 Å². The van der Waals surface area contributed by atoms with E-state index in [0.29, 0.717) is 6.04 Å². The molecule has 1 aromatic carbocycles. The summed E-state index contributed by atoms with van der Waals surface area (Å²) in [5.74, 6) is -0.174. The number of amides is 1. The van der Waals surface area contributed by atoms with Crippen molar-refractivity contribution >= 4 is 5.91 Å². The van der Waals surface area contributed by atoms with Crippen molar-refractivity contribution in [1.29, 1.82) is 0 Å². The fourth-order valence-electron chi connectivity index (χ4n) is 3.21. The zero-order valence-electron chi connectivity index (χ0n) is 13.1. The molecule has 2 aliphatic rings. The summed E-state index contributed by atoms with van der Waals surface area (Å²) in [6, 6.07) is 6.49. The summed E-state index contributed by atoms with van der Waals surface area (Å²) in [4.78, 5) is 15.0. The summed E-state index contributed by atoms with van der Waals surface area (Å²) in [5.41, 5.74) is 0.903. The van der Waals surface area contributed by atoms with Crippen LogP contribution in [-0.2, 0) is 4.79 Å². The van der Waals surface area contributed by atoms with E-state index in [1.54, 1.807) is 12.1 Å². The molecule has 1 aromatic rings. The highest BCUT2D eigenvalue weighted by atomic mass is 19.1. The molecule has 1 atom stereocenters. The Kier molecular flexibility index (Phi) is 5.08. The molecule has 0 bridgehead atoms. The Hall–Kier alpha value is -1.42. The maximum atomic E-state index is 13.2. The van der Waals surface area contributed by atoms with Crippen molar-refractivity contribution in [3.63, 3.8) is 0 Å². The van der Waals surface area contributed by atoms with Crippen molar-refractivity contribution in [2.45, 2.75) is 57.0 Å². The fraction of sp³-hybridized carbons (Fsp3) is 0.611. The molecule has 1 aliphatic heterocycles. The smallest absolute Gasteiger partial charge is 0.242 e. The zero-order valence-corrected chi connectivity index (χ0v) is 13.1. The average molecular weight is 304 g/mol. The van der Waals surface area contributed by atoms with E-state index in [1.807, 2.05) is 0 Å². The molecule has 3 nitrogen and oxygen atoms in total. The Balaban J connectivity index is 1.79. The average Bonchev–Trinajstić information content (AvgIpc) is 3.27. The van der Waals surface area contributed by atoms with Crippen LogP contribution >= 0.6 is 0 Å². The number of nitrogens with zero attached hydrogens (tertiary/aromatic N) is 1. The molecular weight excluding hydrogens is 279 g/mol. The van der Waals surface area contributed by atoms with Crippen LogP contribution in [0.15, 0.2) is 24.3 Å². The quantitative estimate of drug-likeness (QED) is 0.924. The van der Waals surface area contributed by atoms with E-state index in [-0.39, 0.29) is 17.8 Å². The van der Waals surface area contributed by atoms with Gasteiger partial charge in [-0.2, -0.15) is 0 Å². The van der Waals surface area contributed by atoms with E-state index in [9.17, 15) is 9.18 Å². The van der Waals surface area contributed by atoms with Crippen LogP contribution in [0.5, 0.6) is 0 Å². The lowest BCUT2D eigenvalue weighted by Crippen LogP contribution is -2.42. The largest absolute Gasteiger partial charge is 0.352 e. The van der Waals surface area contributed by atoms with Crippen LogP contribution in [-0.4, -0.2) is 29.9 Å². The number of benzene rings is 1. The van der Waals surface area contributed by atoms with Gasteiger partial charge in [0, 0.05) is 6.04 Å². The first-order valence-corrected chi connectivity index (χ1v) is 8.54. The molecule has 1 saturated carbocycles. The predicted molar refractivity (Wildman–Crippen MR) is 85.0 cm³/mol. The van der Waals surface area contributed by atoms with Gasteiger partial charge < -0.3 is 5.32 Å². The minimum atomic E-state index is -0.278. The molecule has 2 fully saturated rings. The van der Waals surface area contributed by atoms with Gasteiger partial charge in [0.25, 0.3) is 0 Å². The number of halogens is 1. The van der Waals surface area contributed by atoms with Crippen LogP contribution in [0.4, 0.5) is 4.39 Å². The van der Waals surface area contributed by atoms with Crippen LogP contribution in [0, 0.1) is 5.82 Å². The summed E-state index contributed by atoms with van der Waals surface area (Å²) in [6.45, 7) is 1.89. The van der Waals surface area contributed by atoms with Gasteiger partial charge in [0.15, 0.2) is 0 Å². The normalized spacial score (nSPS) is 21.7. The van der Waals surface area contributed by atoms with Gasteiger partial charge >= 0.3 is 0 Å². The Labute approximate surface area is 131 Å². The zero-order chi connectivity index (χ0) is 15.4. The van der Waals surface area contributed by atoms with E-state index in [0.717, 1.165) is 44.3 Å². The Morgan fingerprint density at radius 2 is 1.64 bits per heavy atom. The Morgan fingerprint density at radius 3 is 2.23 bits per heavy atom. The summed E-state index contributed by atoms with van der Waals surface area (Å²) in [5, 5.41) is 3.13. The second-order valence-electron chi connectivity index (χ2n) is 6.54. The molecule has 22 heavy (non-hydrogen) atoms. The third-order valence-electron chi connectivity index (χ3n) is 4.61. The van der Waals surface area contributed by atoms with Gasteiger partial charge in [-0.25, -0.2) is 4.39 Å². The standard InChI is InChI=1S/C18H25FN2O/c19-15-8-6-14(7-9-15)17(18(22)20-16-10-11-16)21-12-4-2-1-3-5-13-21/h6-9,16-17H,1-5,10-13H2,(H,20,22). The SMILES string of the molecule is O=C(NC1CC1)C(c1ccc(F)cc1)N1CCCCCCC1. The molecule has 0 spiro atoms.